The van der Waals surface area contributed by atoms with Crippen LogP contribution in [0.25, 0.3) is 0 Å². The summed E-state index contributed by atoms with van der Waals surface area (Å²) in [6.45, 7) is 5.73. The minimum absolute atomic E-state index is 0.0943. The van der Waals surface area contributed by atoms with Crippen molar-refractivity contribution in [3.05, 3.63) is 18.2 Å². The molecule has 1 saturated heterocycles. The Hall–Kier alpha value is -1.95. The second-order valence-electron chi connectivity index (χ2n) is 6.15. The molecule has 2 aliphatic rings. The molecule has 6 heteroatoms. The Balaban J connectivity index is 1.63. The van der Waals surface area contributed by atoms with Crippen molar-refractivity contribution in [1.82, 2.24) is 0 Å². The molecule has 1 atom stereocenters. The Labute approximate surface area is 130 Å². The summed E-state index contributed by atoms with van der Waals surface area (Å²) >= 11 is 0. The molecule has 0 radical (unpaired) electrons. The lowest BCUT2D eigenvalue weighted by Gasteiger charge is -2.19. The molecule has 0 amide bonds. The molecule has 0 bridgehead atoms. The molecular formula is C16H23N3O3. The zero-order valence-corrected chi connectivity index (χ0v) is 12.9. The molecule has 0 spiro atoms. The van der Waals surface area contributed by atoms with Crippen molar-refractivity contribution in [2.24, 2.45) is 16.1 Å². The van der Waals surface area contributed by atoms with Gasteiger partial charge in [0.25, 0.3) is 0 Å². The average Bonchev–Trinajstić information content (AvgIpc) is 2.80. The highest BCUT2D eigenvalue weighted by molar-refractivity contribution is 5.92. The largest absolute Gasteiger partial charge is 0.490 e. The van der Waals surface area contributed by atoms with Crippen LogP contribution in [-0.4, -0.2) is 38.9 Å². The van der Waals surface area contributed by atoms with E-state index >= 15 is 0 Å². The second-order valence-corrected chi connectivity index (χ2v) is 6.15. The molecule has 0 aromatic heterocycles. The van der Waals surface area contributed by atoms with E-state index < -0.39 is 0 Å². The van der Waals surface area contributed by atoms with Gasteiger partial charge in [-0.05, 0) is 18.6 Å². The summed E-state index contributed by atoms with van der Waals surface area (Å²) < 4.78 is 16.7. The number of nitrogens with one attached hydrogen (secondary N) is 1. The third-order valence-electron chi connectivity index (χ3n) is 3.95. The number of nitrogens with two attached hydrogens (primary N) is 1. The minimum Gasteiger partial charge on any atom is -0.490 e. The number of aliphatic imine (C=N–C) groups is 1. The van der Waals surface area contributed by atoms with Crippen molar-refractivity contribution in [2.75, 3.05) is 38.3 Å². The number of fused-ring (bicyclic) bond motifs is 1. The van der Waals surface area contributed by atoms with Crippen LogP contribution in [0.5, 0.6) is 11.5 Å². The van der Waals surface area contributed by atoms with Gasteiger partial charge in [0, 0.05) is 30.2 Å². The van der Waals surface area contributed by atoms with Gasteiger partial charge < -0.3 is 25.3 Å². The van der Waals surface area contributed by atoms with Crippen molar-refractivity contribution in [2.45, 2.75) is 19.8 Å². The fourth-order valence-corrected chi connectivity index (χ4v) is 2.54. The maximum atomic E-state index is 5.98. The summed E-state index contributed by atoms with van der Waals surface area (Å²) in [5.41, 5.74) is 6.92. The predicted octanol–water partition coefficient (Wildman–Crippen LogP) is 2.00. The smallest absolute Gasteiger partial charge is 0.193 e. The van der Waals surface area contributed by atoms with Crippen LogP contribution >= 0.6 is 0 Å². The quantitative estimate of drug-likeness (QED) is 0.659. The molecule has 2 heterocycles. The molecule has 120 valence electrons. The van der Waals surface area contributed by atoms with Crippen molar-refractivity contribution in [3.63, 3.8) is 0 Å². The van der Waals surface area contributed by atoms with Crippen molar-refractivity contribution in [3.8, 4) is 11.5 Å². The summed E-state index contributed by atoms with van der Waals surface area (Å²) in [5, 5.41) is 3.10. The lowest BCUT2D eigenvalue weighted by molar-refractivity contribution is 0.163. The van der Waals surface area contributed by atoms with Crippen LogP contribution in [0.1, 0.15) is 19.8 Å². The summed E-state index contributed by atoms with van der Waals surface area (Å²) in [4.78, 5) is 4.44. The Morgan fingerprint density at radius 2 is 2.09 bits per heavy atom. The molecule has 6 nitrogen and oxygen atoms in total. The van der Waals surface area contributed by atoms with Gasteiger partial charge in [-0.1, -0.05) is 6.92 Å². The normalized spacial score (nSPS) is 24.9. The number of hydrogen-bond acceptors (Lipinski definition) is 4. The highest BCUT2D eigenvalue weighted by Crippen LogP contribution is 2.32. The first-order valence-corrected chi connectivity index (χ1v) is 7.69. The predicted molar refractivity (Wildman–Crippen MR) is 85.7 cm³/mol. The summed E-state index contributed by atoms with van der Waals surface area (Å²) in [5.74, 6) is 1.92. The SMILES string of the molecule is CC1(CN=C(N)Nc2ccc3c(c2)OCCCO3)CCOC1. The number of benzene rings is 1. The van der Waals surface area contributed by atoms with Gasteiger partial charge in [-0.15, -0.1) is 0 Å². The van der Waals surface area contributed by atoms with Gasteiger partial charge in [0.2, 0.25) is 0 Å². The number of ether oxygens (including phenoxy) is 3. The van der Waals surface area contributed by atoms with Crippen LogP contribution in [0, 0.1) is 5.41 Å². The fourth-order valence-electron chi connectivity index (χ4n) is 2.54. The second kappa shape index (κ2) is 6.44. The van der Waals surface area contributed by atoms with E-state index in [2.05, 4.69) is 17.2 Å². The molecule has 22 heavy (non-hydrogen) atoms. The van der Waals surface area contributed by atoms with E-state index in [1.54, 1.807) is 0 Å². The Morgan fingerprint density at radius 3 is 2.86 bits per heavy atom. The highest BCUT2D eigenvalue weighted by atomic mass is 16.5. The van der Waals surface area contributed by atoms with Gasteiger partial charge >= 0.3 is 0 Å². The number of guanidine groups is 1. The van der Waals surface area contributed by atoms with E-state index in [1.165, 1.54) is 0 Å². The molecule has 2 aliphatic heterocycles. The highest BCUT2D eigenvalue weighted by Gasteiger charge is 2.29. The van der Waals surface area contributed by atoms with Gasteiger partial charge in [0.05, 0.1) is 26.4 Å². The fraction of sp³-hybridized carbons (Fsp3) is 0.562. The Bertz CT molecular complexity index is 554. The van der Waals surface area contributed by atoms with Gasteiger partial charge in [0.15, 0.2) is 17.5 Å². The first-order valence-electron chi connectivity index (χ1n) is 7.69. The molecular weight excluding hydrogens is 282 g/mol. The van der Waals surface area contributed by atoms with E-state index in [4.69, 9.17) is 19.9 Å². The molecule has 0 aliphatic carbocycles. The topological polar surface area (TPSA) is 78.1 Å². The first kappa shape index (κ1) is 15.0. The van der Waals surface area contributed by atoms with Crippen LogP contribution in [0.4, 0.5) is 5.69 Å². The van der Waals surface area contributed by atoms with Gasteiger partial charge in [0.1, 0.15) is 0 Å². The van der Waals surface area contributed by atoms with E-state index in [-0.39, 0.29) is 5.41 Å². The summed E-state index contributed by atoms with van der Waals surface area (Å²) in [7, 11) is 0. The summed E-state index contributed by atoms with van der Waals surface area (Å²) in [6, 6.07) is 5.70. The molecule has 1 aromatic rings. The minimum atomic E-state index is 0.0943. The molecule has 1 aromatic carbocycles. The van der Waals surface area contributed by atoms with Crippen LogP contribution in [0.15, 0.2) is 23.2 Å². The van der Waals surface area contributed by atoms with Crippen LogP contribution < -0.4 is 20.5 Å². The van der Waals surface area contributed by atoms with E-state index in [9.17, 15) is 0 Å². The van der Waals surface area contributed by atoms with Crippen molar-refractivity contribution < 1.29 is 14.2 Å². The van der Waals surface area contributed by atoms with Crippen LogP contribution in [-0.2, 0) is 4.74 Å². The number of nitrogens with zero attached hydrogens (tertiary/aromatic N) is 1. The molecule has 3 rings (SSSR count). The zero-order valence-electron chi connectivity index (χ0n) is 12.9. The number of hydrogen-bond donors (Lipinski definition) is 2. The zero-order chi connectivity index (χ0) is 15.4. The third kappa shape index (κ3) is 3.62. The van der Waals surface area contributed by atoms with Gasteiger partial charge in [-0.3, -0.25) is 4.99 Å². The number of anilines is 1. The average molecular weight is 305 g/mol. The molecule has 1 unspecified atom stereocenters. The standard InChI is InChI=1S/C16H23N3O3/c1-16(5-8-20-11-16)10-18-15(17)19-12-3-4-13-14(9-12)22-7-2-6-21-13/h3-4,9H,2,5-8,10-11H2,1H3,(H3,17,18,19). The van der Waals surface area contributed by atoms with E-state index in [0.29, 0.717) is 25.7 Å². The number of rotatable bonds is 3. The maximum absolute atomic E-state index is 5.98. The van der Waals surface area contributed by atoms with Gasteiger partial charge in [-0.25, -0.2) is 0 Å². The molecule has 3 N–H and O–H groups in total. The molecule has 0 saturated carbocycles. The maximum Gasteiger partial charge on any atom is 0.193 e. The Kier molecular flexibility index (Phi) is 4.38. The van der Waals surface area contributed by atoms with E-state index in [1.807, 2.05) is 18.2 Å². The van der Waals surface area contributed by atoms with Crippen LogP contribution in [0.3, 0.4) is 0 Å². The van der Waals surface area contributed by atoms with Gasteiger partial charge in [-0.2, -0.15) is 0 Å². The van der Waals surface area contributed by atoms with Crippen LogP contribution in [0.2, 0.25) is 0 Å². The van der Waals surface area contributed by atoms with E-state index in [0.717, 1.165) is 43.2 Å². The molecule has 1 fully saturated rings. The third-order valence-corrected chi connectivity index (χ3v) is 3.95. The monoisotopic (exact) mass is 305 g/mol. The first-order chi connectivity index (χ1) is 10.6. The van der Waals surface area contributed by atoms with Crippen molar-refractivity contribution >= 4 is 11.6 Å². The lowest BCUT2D eigenvalue weighted by atomic mass is 9.90. The summed E-state index contributed by atoms with van der Waals surface area (Å²) in [6.07, 6.45) is 1.91. The lowest BCUT2D eigenvalue weighted by Crippen LogP contribution is -2.27. The van der Waals surface area contributed by atoms with Crippen molar-refractivity contribution in [1.29, 1.82) is 0 Å². The Morgan fingerprint density at radius 1 is 1.27 bits per heavy atom.